The van der Waals surface area contributed by atoms with Gasteiger partial charge in [0.2, 0.25) is 0 Å². The van der Waals surface area contributed by atoms with Gasteiger partial charge in [0.1, 0.15) is 24.0 Å². The number of hydrogen-bond donors (Lipinski definition) is 4. The van der Waals surface area contributed by atoms with Crippen molar-refractivity contribution >= 4 is 5.91 Å². The molecule has 0 saturated carbocycles. The first-order valence-corrected chi connectivity index (χ1v) is 5.47. The van der Waals surface area contributed by atoms with Crippen molar-refractivity contribution in [2.24, 2.45) is 5.73 Å². The van der Waals surface area contributed by atoms with Crippen LogP contribution in [0.25, 0.3) is 0 Å². The molecule has 2 heterocycles. The molecule has 2 rings (SSSR count). The number of aliphatic hydroxyl groups is 3. The summed E-state index contributed by atoms with van der Waals surface area (Å²) in [5, 5.41) is 28.5. The summed E-state index contributed by atoms with van der Waals surface area (Å²) in [5.74, 6) is 1.43. The van der Waals surface area contributed by atoms with Crippen molar-refractivity contribution in [2.45, 2.75) is 24.5 Å². The number of rotatable bonds is 3. The number of ether oxygens (including phenoxy) is 1. The summed E-state index contributed by atoms with van der Waals surface area (Å²) in [6, 6.07) is 0. The molecule has 5 N–H and O–H groups in total. The van der Waals surface area contributed by atoms with E-state index in [-0.39, 0.29) is 11.4 Å². The first kappa shape index (κ1) is 13.5. The molecule has 102 valence electrons. The average Bonchev–Trinajstić information content (AvgIpc) is 2.92. The van der Waals surface area contributed by atoms with Gasteiger partial charge in [-0.25, -0.2) is 4.98 Å². The standard InChI is InChI=1S/C11H13N3O5/c1-2-5-7(10(12)18)13-4-14(5)11-9(17)8(16)6(3-15)19-11/h1,4,6,8-9,11,15-17H,3H2,(H2,12,18). The molecular formula is C11H13N3O5. The van der Waals surface area contributed by atoms with Crippen molar-refractivity contribution in [2.75, 3.05) is 6.61 Å². The summed E-state index contributed by atoms with van der Waals surface area (Å²) < 4.78 is 6.51. The number of nitrogens with zero attached hydrogens (tertiary/aromatic N) is 2. The van der Waals surface area contributed by atoms with E-state index in [1.807, 2.05) is 0 Å². The van der Waals surface area contributed by atoms with Crippen molar-refractivity contribution in [3.05, 3.63) is 17.7 Å². The fourth-order valence-electron chi connectivity index (χ4n) is 1.99. The Morgan fingerprint density at radius 1 is 1.58 bits per heavy atom. The van der Waals surface area contributed by atoms with Crippen LogP contribution in [0.5, 0.6) is 0 Å². The van der Waals surface area contributed by atoms with Crippen molar-refractivity contribution < 1.29 is 24.9 Å². The lowest BCUT2D eigenvalue weighted by atomic mass is 10.1. The molecule has 1 aromatic rings. The predicted octanol–water partition coefficient (Wildman–Crippen LogP) is -2.43. The second-order valence-electron chi connectivity index (χ2n) is 4.09. The molecule has 0 spiro atoms. The maximum Gasteiger partial charge on any atom is 0.270 e. The minimum atomic E-state index is -1.31. The van der Waals surface area contributed by atoms with Crippen LogP contribution in [0.3, 0.4) is 0 Å². The fourth-order valence-corrected chi connectivity index (χ4v) is 1.99. The first-order chi connectivity index (χ1) is 9.01. The highest BCUT2D eigenvalue weighted by Gasteiger charge is 2.44. The summed E-state index contributed by atoms with van der Waals surface area (Å²) in [4.78, 5) is 14.9. The van der Waals surface area contributed by atoms with Crippen LogP contribution in [0.2, 0.25) is 0 Å². The van der Waals surface area contributed by atoms with Gasteiger partial charge >= 0.3 is 0 Å². The molecule has 8 nitrogen and oxygen atoms in total. The number of amides is 1. The lowest BCUT2D eigenvalue weighted by molar-refractivity contribution is -0.0531. The second kappa shape index (κ2) is 4.99. The van der Waals surface area contributed by atoms with E-state index in [4.69, 9.17) is 22.0 Å². The van der Waals surface area contributed by atoms with E-state index in [2.05, 4.69) is 10.9 Å². The zero-order chi connectivity index (χ0) is 14.2. The van der Waals surface area contributed by atoms with Gasteiger partial charge in [0, 0.05) is 0 Å². The normalized spacial score (nSPS) is 30.2. The molecule has 1 aliphatic heterocycles. The Hall–Kier alpha value is -1.92. The molecular weight excluding hydrogens is 254 g/mol. The lowest BCUT2D eigenvalue weighted by Crippen LogP contribution is -2.33. The molecule has 1 aliphatic rings. The van der Waals surface area contributed by atoms with Gasteiger partial charge in [0.05, 0.1) is 12.9 Å². The van der Waals surface area contributed by atoms with Gasteiger partial charge in [-0.2, -0.15) is 0 Å². The van der Waals surface area contributed by atoms with Gasteiger partial charge in [0.15, 0.2) is 11.9 Å². The van der Waals surface area contributed by atoms with Crippen LogP contribution in [0.1, 0.15) is 22.4 Å². The molecule has 4 unspecified atom stereocenters. The summed E-state index contributed by atoms with van der Waals surface area (Å²) in [6.07, 6.45) is 1.92. The Kier molecular flexibility index (Phi) is 3.55. The number of hydrogen-bond acceptors (Lipinski definition) is 6. The number of nitrogens with two attached hydrogens (primary N) is 1. The highest BCUT2D eigenvalue weighted by molar-refractivity contribution is 5.93. The van der Waals surface area contributed by atoms with E-state index in [0.717, 1.165) is 0 Å². The summed E-state index contributed by atoms with van der Waals surface area (Å²) in [7, 11) is 0. The van der Waals surface area contributed by atoms with Gasteiger partial charge in [-0.15, -0.1) is 6.42 Å². The molecule has 1 fully saturated rings. The molecule has 0 aliphatic carbocycles. The van der Waals surface area contributed by atoms with E-state index in [0.29, 0.717) is 0 Å². The van der Waals surface area contributed by atoms with Crippen LogP contribution in [-0.4, -0.2) is 55.7 Å². The van der Waals surface area contributed by atoms with E-state index in [9.17, 15) is 15.0 Å². The Morgan fingerprint density at radius 2 is 2.26 bits per heavy atom. The third-order valence-corrected chi connectivity index (χ3v) is 2.96. The SMILES string of the molecule is C#Cc1c(C(N)=O)ncn1C1OC(CO)C(O)C1O. The van der Waals surface area contributed by atoms with Crippen LogP contribution < -0.4 is 5.73 Å². The van der Waals surface area contributed by atoms with Crippen molar-refractivity contribution in [3.63, 3.8) is 0 Å². The third kappa shape index (κ3) is 2.09. The zero-order valence-corrected chi connectivity index (χ0v) is 9.80. The third-order valence-electron chi connectivity index (χ3n) is 2.96. The van der Waals surface area contributed by atoms with Gasteiger partial charge in [0.25, 0.3) is 5.91 Å². The zero-order valence-electron chi connectivity index (χ0n) is 9.80. The monoisotopic (exact) mass is 267 g/mol. The molecule has 19 heavy (non-hydrogen) atoms. The Labute approximate surface area is 108 Å². The lowest BCUT2D eigenvalue weighted by Gasteiger charge is -2.17. The van der Waals surface area contributed by atoms with Gasteiger partial charge in [-0.05, 0) is 5.92 Å². The van der Waals surface area contributed by atoms with Crippen LogP contribution >= 0.6 is 0 Å². The van der Waals surface area contributed by atoms with Gasteiger partial charge < -0.3 is 25.8 Å². The number of aromatic nitrogens is 2. The number of primary amides is 1. The maximum absolute atomic E-state index is 11.1. The van der Waals surface area contributed by atoms with Crippen LogP contribution in [0.4, 0.5) is 0 Å². The van der Waals surface area contributed by atoms with Gasteiger partial charge in [-0.3, -0.25) is 9.36 Å². The van der Waals surface area contributed by atoms with E-state index in [1.165, 1.54) is 10.9 Å². The Morgan fingerprint density at radius 3 is 2.74 bits per heavy atom. The predicted molar refractivity (Wildman–Crippen MR) is 61.7 cm³/mol. The first-order valence-electron chi connectivity index (χ1n) is 5.47. The molecule has 0 bridgehead atoms. The number of imidazole rings is 1. The Bertz CT molecular complexity index is 535. The average molecular weight is 267 g/mol. The smallest absolute Gasteiger partial charge is 0.270 e. The largest absolute Gasteiger partial charge is 0.394 e. The van der Waals surface area contributed by atoms with Crippen molar-refractivity contribution in [3.8, 4) is 12.3 Å². The summed E-state index contributed by atoms with van der Waals surface area (Å²) in [5.41, 5.74) is 5.03. The Balaban J connectivity index is 2.39. The number of carbonyl (C=O) groups is 1. The number of carbonyl (C=O) groups excluding carboxylic acids is 1. The van der Waals surface area contributed by atoms with Crippen LogP contribution in [0, 0.1) is 12.3 Å². The highest BCUT2D eigenvalue weighted by atomic mass is 16.6. The van der Waals surface area contributed by atoms with Crippen molar-refractivity contribution in [1.82, 2.24) is 9.55 Å². The minimum absolute atomic E-state index is 0.0438. The fraction of sp³-hybridized carbons (Fsp3) is 0.455. The molecule has 4 atom stereocenters. The number of aliphatic hydroxyl groups excluding tert-OH is 3. The molecule has 0 radical (unpaired) electrons. The van der Waals surface area contributed by atoms with E-state index in [1.54, 1.807) is 0 Å². The molecule has 8 heteroatoms. The second-order valence-corrected chi connectivity index (χ2v) is 4.09. The van der Waals surface area contributed by atoms with Gasteiger partial charge in [-0.1, -0.05) is 0 Å². The summed E-state index contributed by atoms with van der Waals surface area (Å²) in [6.45, 7) is -0.461. The molecule has 1 amide bonds. The molecule has 0 aromatic carbocycles. The maximum atomic E-state index is 11.1. The van der Waals surface area contributed by atoms with E-state index >= 15 is 0 Å². The minimum Gasteiger partial charge on any atom is -0.394 e. The van der Waals surface area contributed by atoms with Crippen LogP contribution in [-0.2, 0) is 4.74 Å². The molecule has 1 aromatic heterocycles. The molecule has 1 saturated heterocycles. The van der Waals surface area contributed by atoms with E-state index < -0.39 is 37.1 Å². The topological polar surface area (TPSA) is 131 Å². The van der Waals surface area contributed by atoms with Crippen molar-refractivity contribution in [1.29, 1.82) is 0 Å². The quantitative estimate of drug-likeness (QED) is 0.451. The highest BCUT2D eigenvalue weighted by Crippen LogP contribution is 2.30. The van der Waals surface area contributed by atoms with Crippen LogP contribution in [0.15, 0.2) is 6.33 Å². The summed E-state index contributed by atoms with van der Waals surface area (Å²) >= 11 is 0. The number of terminal acetylenes is 1.